The van der Waals surface area contributed by atoms with Crippen LogP contribution in [-0.4, -0.2) is 28.5 Å². The van der Waals surface area contributed by atoms with Crippen LogP contribution in [0, 0.1) is 0 Å². The summed E-state index contributed by atoms with van der Waals surface area (Å²) in [5, 5.41) is 2.89. The van der Waals surface area contributed by atoms with Crippen molar-refractivity contribution in [2.45, 2.75) is 19.4 Å². The third-order valence-electron chi connectivity index (χ3n) is 2.84. The second kappa shape index (κ2) is 5.55. The molecule has 2 aromatic rings. The lowest BCUT2D eigenvalue weighted by atomic mass is 10.1. The maximum absolute atomic E-state index is 12.0. The van der Waals surface area contributed by atoms with Gasteiger partial charge in [0.15, 0.2) is 0 Å². The Balaban J connectivity index is 2.22. The molecule has 0 aliphatic rings. The molecule has 18 heavy (non-hydrogen) atoms. The first kappa shape index (κ1) is 12.4. The van der Waals surface area contributed by atoms with Crippen LogP contribution in [0.1, 0.15) is 23.7 Å². The van der Waals surface area contributed by atoms with E-state index in [1.807, 2.05) is 6.92 Å². The van der Waals surface area contributed by atoms with E-state index in [2.05, 4.69) is 15.3 Å². The van der Waals surface area contributed by atoms with E-state index in [1.54, 1.807) is 30.6 Å². The van der Waals surface area contributed by atoms with E-state index in [4.69, 9.17) is 5.73 Å². The lowest BCUT2D eigenvalue weighted by molar-refractivity contribution is 0.0937. The van der Waals surface area contributed by atoms with Crippen LogP contribution >= 0.6 is 0 Å². The van der Waals surface area contributed by atoms with Crippen molar-refractivity contribution in [1.29, 1.82) is 0 Å². The smallest absolute Gasteiger partial charge is 0.251 e. The van der Waals surface area contributed by atoms with Gasteiger partial charge in [-0.15, -0.1) is 0 Å². The van der Waals surface area contributed by atoms with E-state index in [0.29, 0.717) is 17.6 Å². The molecule has 0 spiro atoms. The monoisotopic (exact) mass is 244 g/mol. The topological polar surface area (TPSA) is 80.9 Å². The predicted molar refractivity (Wildman–Crippen MR) is 70.1 cm³/mol. The van der Waals surface area contributed by atoms with Crippen molar-refractivity contribution in [2.75, 3.05) is 6.54 Å². The highest BCUT2D eigenvalue weighted by molar-refractivity contribution is 5.97. The number of hydrogen-bond acceptors (Lipinski definition) is 4. The maximum atomic E-state index is 12.0. The fraction of sp³-hybridized carbons (Fsp3) is 0.308. The molecule has 0 aliphatic heterocycles. The fourth-order valence-corrected chi connectivity index (χ4v) is 1.70. The second-order valence-electron chi connectivity index (χ2n) is 4.07. The first-order valence-electron chi connectivity index (χ1n) is 5.96. The molecule has 1 aromatic carbocycles. The van der Waals surface area contributed by atoms with Gasteiger partial charge in [0.1, 0.15) is 0 Å². The van der Waals surface area contributed by atoms with Gasteiger partial charge in [0.25, 0.3) is 5.91 Å². The average molecular weight is 244 g/mol. The van der Waals surface area contributed by atoms with Crippen LogP contribution in [0.2, 0.25) is 0 Å². The van der Waals surface area contributed by atoms with Crippen LogP contribution in [0.15, 0.2) is 30.6 Å². The van der Waals surface area contributed by atoms with Gasteiger partial charge in [-0.1, -0.05) is 6.92 Å². The molecule has 5 nitrogen and oxygen atoms in total. The third kappa shape index (κ3) is 2.62. The first-order chi connectivity index (χ1) is 8.74. The molecule has 94 valence electrons. The predicted octanol–water partition coefficient (Wildman–Crippen LogP) is 1.10. The number of carbonyl (C=O) groups is 1. The van der Waals surface area contributed by atoms with Gasteiger partial charge in [0.05, 0.1) is 11.0 Å². The number of benzene rings is 1. The summed E-state index contributed by atoms with van der Waals surface area (Å²) < 4.78 is 0. The lowest BCUT2D eigenvalue weighted by Gasteiger charge is -2.14. The Morgan fingerprint density at radius 1 is 1.33 bits per heavy atom. The van der Waals surface area contributed by atoms with E-state index < -0.39 is 0 Å². The molecule has 0 radical (unpaired) electrons. The van der Waals surface area contributed by atoms with Gasteiger partial charge in [0, 0.05) is 30.5 Å². The quantitative estimate of drug-likeness (QED) is 0.843. The van der Waals surface area contributed by atoms with Crippen molar-refractivity contribution in [1.82, 2.24) is 15.3 Å². The molecule has 0 fully saturated rings. The Hall–Kier alpha value is -2.01. The van der Waals surface area contributed by atoms with Gasteiger partial charge in [-0.2, -0.15) is 0 Å². The minimum atomic E-state index is -0.125. The summed E-state index contributed by atoms with van der Waals surface area (Å²) in [5.74, 6) is -0.125. The zero-order valence-electron chi connectivity index (χ0n) is 10.3. The molecular formula is C13H16N4O. The third-order valence-corrected chi connectivity index (χ3v) is 2.84. The summed E-state index contributed by atoms with van der Waals surface area (Å²) >= 11 is 0. The molecule has 0 saturated heterocycles. The van der Waals surface area contributed by atoms with Crippen molar-refractivity contribution >= 4 is 16.9 Å². The number of amides is 1. The highest BCUT2D eigenvalue weighted by Crippen LogP contribution is 2.11. The minimum Gasteiger partial charge on any atom is -0.348 e. The molecule has 5 heteroatoms. The van der Waals surface area contributed by atoms with Crippen LogP contribution in [0.25, 0.3) is 11.0 Å². The van der Waals surface area contributed by atoms with E-state index in [0.717, 1.165) is 11.9 Å². The van der Waals surface area contributed by atoms with E-state index >= 15 is 0 Å². The molecule has 3 N–H and O–H groups in total. The number of aromatic nitrogens is 2. The standard InChI is InChI=1S/C13H16N4O/c1-2-10(8-14)17-13(18)9-3-4-11-12(7-9)16-6-5-15-11/h3-7,10H,2,8,14H2,1H3,(H,17,18). The van der Waals surface area contributed by atoms with Crippen LogP contribution < -0.4 is 11.1 Å². The van der Waals surface area contributed by atoms with Gasteiger partial charge >= 0.3 is 0 Å². The van der Waals surface area contributed by atoms with Crippen molar-refractivity contribution in [3.63, 3.8) is 0 Å². The number of nitrogens with two attached hydrogens (primary N) is 1. The number of hydrogen-bond donors (Lipinski definition) is 2. The summed E-state index contributed by atoms with van der Waals surface area (Å²) in [5.41, 5.74) is 7.63. The molecule has 0 saturated carbocycles. The second-order valence-corrected chi connectivity index (χ2v) is 4.07. The van der Waals surface area contributed by atoms with Crippen molar-refractivity contribution in [3.05, 3.63) is 36.2 Å². The number of nitrogens with one attached hydrogen (secondary N) is 1. The van der Waals surface area contributed by atoms with Crippen LogP contribution in [0.3, 0.4) is 0 Å². The molecular weight excluding hydrogens is 228 g/mol. The average Bonchev–Trinajstić information content (AvgIpc) is 2.44. The zero-order valence-corrected chi connectivity index (χ0v) is 10.3. The molecule has 1 heterocycles. The van der Waals surface area contributed by atoms with E-state index in [-0.39, 0.29) is 11.9 Å². The van der Waals surface area contributed by atoms with Crippen LogP contribution in [0.5, 0.6) is 0 Å². The molecule has 1 unspecified atom stereocenters. The Morgan fingerprint density at radius 2 is 2.06 bits per heavy atom. The first-order valence-corrected chi connectivity index (χ1v) is 5.96. The van der Waals surface area contributed by atoms with E-state index in [9.17, 15) is 4.79 Å². The van der Waals surface area contributed by atoms with Gasteiger partial charge < -0.3 is 11.1 Å². The van der Waals surface area contributed by atoms with Crippen molar-refractivity contribution in [3.8, 4) is 0 Å². The Morgan fingerprint density at radius 3 is 2.72 bits per heavy atom. The molecule has 0 aliphatic carbocycles. The summed E-state index contributed by atoms with van der Waals surface area (Å²) in [7, 11) is 0. The number of rotatable bonds is 4. The Labute approximate surface area is 105 Å². The van der Waals surface area contributed by atoms with Gasteiger partial charge in [0.2, 0.25) is 0 Å². The molecule has 1 amide bonds. The molecule has 1 aromatic heterocycles. The highest BCUT2D eigenvalue weighted by atomic mass is 16.1. The number of nitrogens with zero attached hydrogens (tertiary/aromatic N) is 2. The van der Waals surface area contributed by atoms with Crippen LogP contribution in [0.4, 0.5) is 0 Å². The number of carbonyl (C=O) groups excluding carboxylic acids is 1. The molecule has 2 rings (SSSR count). The van der Waals surface area contributed by atoms with Crippen LogP contribution in [-0.2, 0) is 0 Å². The normalized spacial score (nSPS) is 12.3. The van der Waals surface area contributed by atoms with Gasteiger partial charge in [-0.3, -0.25) is 14.8 Å². The minimum absolute atomic E-state index is 0.00931. The Bertz CT molecular complexity index is 551. The highest BCUT2D eigenvalue weighted by Gasteiger charge is 2.11. The lowest BCUT2D eigenvalue weighted by Crippen LogP contribution is -2.39. The zero-order chi connectivity index (χ0) is 13.0. The number of fused-ring (bicyclic) bond motifs is 1. The fourth-order valence-electron chi connectivity index (χ4n) is 1.70. The van der Waals surface area contributed by atoms with Crippen molar-refractivity contribution < 1.29 is 4.79 Å². The summed E-state index contributed by atoms with van der Waals surface area (Å²) in [6.45, 7) is 2.43. The van der Waals surface area contributed by atoms with Crippen molar-refractivity contribution in [2.24, 2.45) is 5.73 Å². The van der Waals surface area contributed by atoms with Gasteiger partial charge in [-0.25, -0.2) is 0 Å². The van der Waals surface area contributed by atoms with Gasteiger partial charge in [-0.05, 0) is 24.6 Å². The largest absolute Gasteiger partial charge is 0.348 e. The van der Waals surface area contributed by atoms with E-state index in [1.165, 1.54) is 0 Å². The summed E-state index contributed by atoms with van der Waals surface area (Å²) in [6, 6.07) is 5.28. The summed E-state index contributed by atoms with van der Waals surface area (Å²) in [6.07, 6.45) is 4.05. The molecule has 1 atom stereocenters. The molecule has 0 bridgehead atoms. The maximum Gasteiger partial charge on any atom is 0.251 e. The SMILES string of the molecule is CCC(CN)NC(=O)c1ccc2nccnc2c1. The Kier molecular flexibility index (Phi) is 3.84. The summed E-state index contributed by atoms with van der Waals surface area (Å²) in [4.78, 5) is 20.3.